The summed E-state index contributed by atoms with van der Waals surface area (Å²) in [5, 5.41) is 10.7. The van der Waals surface area contributed by atoms with Crippen LogP contribution in [0.25, 0.3) is 0 Å². The zero-order chi connectivity index (χ0) is 12.1. The number of carboxylic acid groups (broad SMARTS) is 1. The molecular weight excluding hydrogens is 213 g/mol. The number of benzene rings is 1. The molecule has 1 rings (SSSR count). The molecule has 1 amide bonds. The Morgan fingerprint density at radius 2 is 2.06 bits per heavy atom. The predicted octanol–water partition coefficient (Wildman–Crippen LogP) is 1.94. The van der Waals surface area contributed by atoms with E-state index < -0.39 is 17.7 Å². The molecule has 2 N–H and O–H groups in total. The summed E-state index contributed by atoms with van der Waals surface area (Å²) in [5.41, 5.74) is 0.894. The maximum atomic E-state index is 13.2. The lowest BCUT2D eigenvalue weighted by Crippen LogP contribution is -2.14. The van der Waals surface area contributed by atoms with Crippen LogP contribution in [0.15, 0.2) is 18.2 Å². The first-order valence-corrected chi connectivity index (χ1v) is 4.77. The van der Waals surface area contributed by atoms with Crippen molar-refractivity contribution < 1.29 is 19.1 Å². The molecule has 0 bridgehead atoms. The Morgan fingerprint density at radius 1 is 1.38 bits per heavy atom. The minimum Gasteiger partial charge on any atom is -0.481 e. The Hall–Kier alpha value is -1.91. The van der Waals surface area contributed by atoms with E-state index in [1.807, 2.05) is 0 Å². The topological polar surface area (TPSA) is 66.4 Å². The Labute approximate surface area is 92.1 Å². The molecule has 1 aromatic rings. The molecule has 0 heterocycles. The van der Waals surface area contributed by atoms with Gasteiger partial charge in [-0.3, -0.25) is 9.59 Å². The smallest absolute Gasteiger partial charge is 0.303 e. The summed E-state index contributed by atoms with van der Waals surface area (Å²) in [7, 11) is 0. The number of carbonyl (C=O) groups is 2. The predicted molar refractivity (Wildman–Crippen MR) is 56.6 cm³/mol. The van der Waals surface area contributed by atoms with E-state index in [0.717, 1.165) is 5.56 Å². The molecule has 0 atom stereocenters. The molecule has 0 saturated carbocycles. The van der Waals surface area contributed by atoms with Crippen LogP contribution < -0.4 is 5.32 Å². The molecule has 86 valence electrons. The average Bonchev–Trinajstić information content (AvgIpc) is 2.20. The first-order valence-electron chi connectivity index (χ1n) is 4.77. The number of hydrogen-bond donors (Lipinski definition) is 2. The first-order chi connectivity index (χ1) is 7.49. The molecule has 0 saturated heterocycles. The molecular formula is C11H12FNO3. The van der Waals surface area contributed by atoms with E-state index in [0.29, 0.717) is 0 Å². The zero-order valence-corrected chi connectivity index (χ0v) is 8.79. The maximum Gasteiger partial charge on any atom is 0.303 e. The van der Waals surface area contributed by atoms with Gasteiger partial charge < -0.3 is 10.4 Å². The van der Waals surface area contributed by atoms with E-state index in [4.69, 9.17) is 5.11 Å². The van der Waals surface area contributed by atoms with Gasteiger partial charge in [-0.2, -0.15) is 0 Å². The van der Waals surface area contributed by atoms with Crippen LogP contribution in [0.3, 0.4) is 0 Å². The third-order valence-electron chi connectivity index (χ3n) is 1.96. The van der Waals surface area contributed by atoms with Crippen LogP contribution in [0, 0.1) is 12.7 Å². The van der Waals surface area contributed by atoms with Gasteiger partial charge in [0.2, 0.25) is 5.91 Å². The van der Waals surface area contributed by atoms with Gasteiger partial charge in [-0.25, -0.2) is 4.39 Å². The van der Waals surface area contributed by atoms with Gasteiger partial charge in [0, 0.05) is 6.42 Å². The van der Waals surface area contributed by atoms with Gasteiger partial charge in [0.25, 0.3) is 0 Å². The lowest BCUT2D eigenvalue weighted by atomic mass is 10.2. The van der Waals surface area contributed by atoms with Gasteiger partial charge >= 0.3 is 5.97 Å². The van der Waals surface area contributed by atoms with Crippen LogP contribution in [0.2, 0.25) is 0 Å². The third kappa shape index (κ3) is 3.68. The van der Waals surface area contributed by atoms with Gasteiger partial charge in [0.1, 0.15) is 5.82 Å². The fraction of sp³-hybridized carbons (Fsp3) is 0.273. The normalized spacial score (nSPS) is 9.88. The summed E-state index contributed by atoms with van der Waals surface area (Å²) in [6.07, 6.45) is -0.429. The highest BCUT2D eigenvalue weighted by Crippen LogP contribution is 2.15. The van der Waals surface area contributed by atoms with E-state index in [1.165, 1.54) is 12.1 Å². The molecule has 0 aliphatic rings. The van der Waals surface area contributed by atoms with Crippen LogP contribution in [-0.4, -0.2) is 17.0 Å². The van der Waals surface area contributed by atoms with Gasteiger partial charge in [0.05, 0.1) is 12.1 Å². The van der Waals surface area contributed by atoms with E-state index in [2.05, 4.69) is 5.32 Å². The van der Waals surface area contributed by atoms with Gasteiger partial charge in [-0.15, -0.1) is 0 Å². The standard InChI is InChI=1S/C11H12FNO3/c1-7-2-3-8(12)9(6-7)13-10(14)4-5-11(15)16/h2-3,6H,4-5H2,1H3,(H,13,14)(H,15,16). The molecule has 0 unspecified atom stereocenters. The van der Waals surface area contributed by atoms with Crippen molar-refractivity contribution in [2.24, 2.45) is 0 Å². The molecule has 0 aromatic heterocycles. The lowest BCUT2D eigenvalue weighted by Gasteiger charge is -2.06. The Balaban J connectivity index is 2.62. The number of halogens is 1. The highest BCUT2D eigenvalue weighted by molar-refractivity contribution is 5.92. The molecule has 0 aliphatic carbocycles. The van der Waals surface area contributed by atoms with E-state index in [1.54, 1.807) is 13.0 Å². The van der Waals surface area contributed by atoms with Crippen molar-refractivity contribution >= 4 is 17.6 Å². The number of hydrogen-bond acceptors (Lipinski definition) is 2. The second-order valence-corrected chi connectivity index (χ2v) is 3.43. The number of aryl methyl sites for hydroxylation is 1. The Kier molecular flexibility index (Phi) is 3.99. The second-order valence-electron chi connectivity index (χ2n) is 3.43. The minimum absolute atomic E-state index is 0.0791. The highest BCUT2D eigenvalue weighted by atomic mass is 19.1. The maximum absolute atomic E-state index is 13.2. The number of anilines is 1. The zero-order valence-electron chi connectivity index (χ0n) is 8.79. The van der Waals surface area contributed by atoms with Gasteiger partial charge in [-0.05, 0) is 24.6 Å². The molecule has 1 aromatic carbocycles. The first kappa shape index (κ1) is 12.2. The van der Waals surface area contributed by atoms with E-state index in [-0.39, 0.29) is 18.5 Å². The van der Waals surface area contributed by atoms with Crippen LogP contribution in [0.4, 0.5) is 10.1 Å². The van der Waals surface area contributed by atoms with Crippen LogP contribution in [-0.2, 0) is 9.59 Å². The molecule has 4 nitrogen and oxygen atoms in total. The fourth-order valence-corrected chi connectivity index (χ4v) is 1.17. The number of carboxylic acids is 1. The number of aliphatic carboxylic acids is 1. The number of carbonyl (C=O) groups excluding carboxylic acids is 1. The summed E-state index contributed by atoms with van der Waals surface area (Å²) in [5.74, 6) is -2.10. The van der Waals surface area contributed by atoms with Crippen molar-refractivity contribution in [2.45, 2.75) is 19.8 Å². The SMILES string of the molecule is Cc1ccc(F)c(NC(=O)CCC(=O)O)c1. The summed E-state index contributed by atoms with van der Waals surface area (Å²) >= 11 is 0. The largest absolute Gasteiger partial charge is 0.481 e. The quantitative estimate of drug-likeness (QED) is 0.822. The number of nitrogens with one attached hydrogen (secondary N) is 1. The molecule has 0 spiro atoms. The lowest BCUT2D eigenvalue weighted by molar-refractivity contribution is -0.138. The molecule has 0 fully saturated rings. The molecule has 0 radical (unpaired) electrons. The summed E-state index contributed by atoms with van der Waals surface area (Å²) in [6, 6.07) is 4.33. The molecule has 5 heteroatoms. The number of rotatable bonds is 4. The van der Waals surface area contributed by atoms with Crippen molar-refractivity contribution in [1.29, 1.82) is 0 Å². The van der Waals surface area contributed by atoms with E-state index >= 15 is 0 Å². The highest BCUT2D eigenvalue weighted by Gasteiger charge is 2.08. The summed E-state index contributed by atoms with van der Waals surface area (Å²) < 4.78 is 13.2. The Morgan fingerprint density at radius 3 is 2.69 bits per heavy atom. The molecule has 16 heavy (non-hydrogen) atoms. The van der Waals surface area contributed by atoms with Crippen molar-refractivity contribution in [3.05, 3.63) is 29.6 Å². The van der Waals surface area contributed by atoms with Crippen molar-refractivity contribution in [3.8, 4) is 0 Å². The monoisotopic (exact) mass is 225 g/mol. The molecule has 0 aliphatic heterocycles. The van der Waals surface area contributed by atoms with Crippen LogP contribution in [0.1, 0.15) is 18.4 Å². The average molecular weight is 225 g/mol. The fourth-order valence-electron chi connectivity index (χ4n) is 1.17. The summed E-state index contributed by atoms with van der Waals surface area (Å²) in [4.78, 5) is 21.5. The van der Waals surface area contributed by atoms with Crippen molar-refractivity contribution in [2.75, 3.05) is 5.32 Å². The van der Waals surface area contributed by atoms with Crippen LogP contribution in [0.5, 0.6) is 0 Å². The summed E-state index contributed by atoms with van der Waals surface area (Å²) in [6.45, 7) is 1.77. The second kappa shape index (κ2) is 5.25. The van der Waals surface area contributed by atoms with Crippen molar-refractivity contribution in [3.63, 3.8) is 0 Å². The number of amides is 1. The third-order valence-corrected chi connectivity index (χ3v) is 1.96. The van der Waals surface area contributed by atoms with Gasteiger partial charge in [0.15, 0.2) is 0 Å². The van der Waals surface area contributed by atoms with Gasteiger partial charge in [-0.1, -0.05) is 6.07 Å². The Bertz CT molecular complexity index is 418. The van der Waals surface area contributed by atoms with Crippen molar-refractivity contribution in [1.82, 2.24) is 0 Å². The van der Waals surface area contributed by atoms with Crippen LogP contribution >= 0.6 is 0 Å². The minimum atomic E-state index is -1.06. The van der Waals surface area contributed by atoms with E-state index in [9.17, 15) is 14.0 Å².